The third-order valence-electron chi connectivity index (χ3n) is 15.6. The lowest BCUT2D eigenvalue weighted by molar-refractivity contribution is 0.536. The summed E-state index contributed by atoms with van der Waals surface area (Å²) in [6.45, 7) is 9.21. The predicted octanol–water partition coefficient (Wildman–Crippen LogP) is 25.0. The first kappa shape index (κ1) is 68.7. The van der Waals surface area contributed by atoms with Gasteiger partial charge >= 0.3 is 0 Å². The van der Waals surface area contributed by atoms with Crippen LogP contribution in [0.2, 0.25) is 0 Å². The van der Waals surface area contributed by atoms with E-state index in [4.69, 9.17) is 9.98 Å². The Kier molecular flexibility index (Phi) is 49.7. The average molecular weight is 1040 g/mol. The lowest BCUT2D eigenvalue weighted by Gasteiger charge is -2.12. The zero-order chi connectivity index (χ0) is 54.1. The fourth-order valence-corrected chi connectivity index (χ4v) is 10.6. The lowest BCUT2D eigenvalue weighted by atomic mass is 10.0. The quantitative estimate of drug-likeness (QED) is 0.0358. The van der Waals surface area contributed by atoms with Crippen molar-refractivity contribution in [3.63, 3.8) is 0 Å². The average Bonchev–Trinajstić information content (AvgIpc) is 3.44. The van der Waals surface area contributed by atoms with Crippen LogP contribution >= 0.6 is 0 Å². The second kappa shape index (κ2) is 55.0. The molecular weight excluding hydrogens is 917 g/mol. The highest BCUT2D eigenvalue weighted by molar-refractivity contribution is 6.47. The van der Waals surface area contributed by atoms with Crippen molar-refractivity contribution in [1.29, 1.82) is 0 Å². The first-order valence-corrected chi connectivity index (χ1v) is 33.6. The van der Waals surface area contributed by atoms with Crippen LogP contribution in [0, 0.1) is 23.7 Å². The Morgan fingerprint density at radius 2 is 0.632 bits per heavy atom. The molecule has 2 nitrogen and oxygen atoms in total. The molecule has 0 bridgehead atoms. The molecule has 0 amide bonds. The smallest absolute Gasteiger partial charge is 0.0848 e. The van der Waals surface area contributed by atoms with Gasteiger partial charge in [-0.3, -0.25) is 4.99 Å². The molecule has 0 aromatic heterocycles. The first-order valence-electron chi connectivity index (χ1n) is 33.6. The van der Waals surface area contributed by atoms with E-state index in [1.165, 1.54) is 255 Å². The molecule has 76 heavy (non-hydrogen) atoms. The van der Waals surface area contributed by atoms with Crippen LogP contribution in [0.5, 0.6) is 0 Å². The number of aryl methyl sites for hydroxylation is 2. The highest BCUT2D eigenvalue weighted by atomic mass is 14.8. The summed E-state index contributed by atoms with van der Waals surface area (Å²) in [5, 5.41) is 0. The number of para-hydroxylation sites is 2. The van der Waals surface area contributed by atoms with Gasteiger partial charge in [0.15, 0.2) is 0 Å². The molecule has 0 saturated carbocycles. The monoisotopic (exact) mass is 1040 g/mol. The van der Waals surface area contributed by atoms with Gasteiger partial charge in [0.25, 0.3) is 0 Å². The molecule has 0 aliphatic carbocycles. The maximum Gasteiger partial charge on any atom is 0.0848 e. The van der Waals surface area contributed by atoms with Gasteiger partial charge in [-0.25, -0.2) is 4.99 Å². The van der Waals surface area contributed by atoms with Crippen LogP contribution in [0.15, 0.2) is 70.7 Å². The Labute approximate surface area is 474 Å². The second-order valence-electron chi connectivity index (χ2n) is 22.9. The largest absolute Gasteiger partial charge is 0.251 e. The molecule has 0 radical (unpaired) electrons. The van der Waals surface area contributed by atoms with E-state index in [9.17, 15) is 0 Å². The van der Waals surface area contributed by atoms with Gasteiger partial charge < -0.3 is 0 Å². The first-order chi connectivity index (χ1) is 37.7. The van der Waals surface area contributed by atoms with Crippen LogP contribution in [0.1, 0.15) is 347 Å². The van der Waals surface area contributed by atoms with E-state index < -0.39 is 0 Å². The highest BCUT2D eigenvalue weighted by Gasteiger charge is 2.12. The van der Waals surface area contributed by atoms with Gasteiger partial charge in [-0.2, -0.15) is 0 Å². The molecule has 0 spiro atoms. The Bertz CT molecular complexity index is 1800. The summed E-state index contributed by atoms with van der Waals surface area (Å²) in [6, 6.07) is 17.7. The van der Waals surface area contributed by atoms with Gasteiger partial charge in [0.1, 0.15) is 0 Å². The summed E-state index contributed by atoms with van der Waals surface area (Å²) in [7, 11) is 0. The van der Waals surface area contributed by atoms with E-state index in [0.29, 0.717) is 0 Å². The number of unbranched alkanes of at least 4 members (excludes halogenated alkanes) is 41. The van der Waals surface area contributed by atoms with Gasteiger partial charge in [-0.05, 0) is 93.5 Å². The van der Waals surface area contributed by atoms with Crippen molar-refractivity contribution in [2.75, 3.05) is 0 Å². The molecule has 2 heteroatoms. The van der Waals surface area contributed by atoms with Crippen molar-refractivity contribution < 1.29 is 0 Å². The summed E-state index contributed by atoms with van der Waals surface area (Å²) in [5.41, 5.74) is 6.98. The highest BCUT2D eigenvalue weighted by Crippen LogP contribution is 2.26. The molecule has 428 valence electrons. The molecule has 2 aromatic carbocycles. The molecule has 0 aliphatic heterocycles. The molecule has 2 aromatic rings. The summed E-state index contributed by atoms with van der Waals surface area (Å²) in [6.07, 6.45) is 70.0. The Morgan fingerprint density at radius 3 is 1.00 bits per heavy atom. The molecule has 0 aliphatic rings. The van der Waals surface area contributed by atoms with E-state index in [1.807, 2.05) is 0 Å². The van der Waals surface area contributed by atoms with Crippen LogP contribution in [0.4, 0.5) is 11.4 Å². The van der Waals surface area contributed by atoms with Crippen molar-refractivity contribution in [2.24, 2.45) is 9.98 Å². The maximum absolute atomic E-state index is 5.54. The Morgan fingerprint density at radius 1 is 0.329 bits per heavy atom. The fraction of sp³-hybridized carbons (Fsp3) is 0.730. The van der Waals surface area contributed by atoms with Gasteiger partial charge in [0, 0.05) is 25.7 Å². The van der Waals surface area contributed by atoms with Crippen LogP contribution in [-0.2, 0) is 12.8 Å². The van der Waals surface area contributed by atoms with E-state index >= 15 is 0 Å². The van der Waals surface area contributed by atoms with Gasteiger partial charge in [0.2, 0.25) is 0 Å². The Hall–Kier alpha value is -3.36. The van der Waals surface area contributed by atoms with Crippen molar-refractivity contribution in [2.45, 2.75) is 349 Å². The number of hydrogen-bond acceptors (Lipinski definition) is 2. The standard InChI is InChI=1S/C74H122N2/c1-5-9-13-16-19-22-25-28-31-34-36-39-42-45-48-51-54-61-69-63-57-59-66-71(69)75-73(65-12-8-4)74(68-56-53-50-47-44-41-38-33-30-27-24-21-18-15-11-7-3)76-72-67-60-58-64-70(72)62-55-52-49-46-43-40-37-35-32-29-26-23-20-17-14-10-6-2/h56-60,63-64,66-68H,5-44,47,50-55,61-62,65H2,1-4H3. The van der Waals surface area contributed by atoms with Crippen molar-refractivity contribution in [3.8, 4) is 23.7 Å². The fourth-order valence-electron chi connectivity index (χ4n) is 10.6. The minimum Gasteiger partial charge on any atom is -0.251 e. The SMILES string of the molecule is CCCCCCCCCCCCCCC#CCCCc1ccccc1N=C(C=CCCCCCCCCCCCCCCCC)C(CCCC)=Nc1ccccc1CCCC#CCCCCCCCCCCCCCC. The minimum atomic E-state index is 0.925. The predicted molar refractivity (Wildman–Crippen MR) is 343 cm³/mol. The molecule has 0 heterocycles. The van der Waals surface area contributed by atoms with Crippen molar-refractivity contribution in [1.82, 2.24) is 0 Å². The summed E-state index contributed by atoms with van der Waals surface area (Å²) in [5.74, 6) is 14.1. The van der Waals surface area contributed by atoms with Gasteiger partial charge in [-0.1, -0.05) is 301 Å². The molecule has 0 unspecified atom stereocenters. The normalized spacial score (nSPS) is 11.8. The molecule has 0 atom stereocenters. The van der Waals surface area contributed by atoms with E-state index in [-0.39, 0.29) is 0 Å². The van der Waals surface area contributed by atoms with E-state index in [1.54, 1.807) is 0 Å². The van der Waals surface area contributed by atoms with Crippen LogP contribution in [-0.4, -0.2) is 11.4 Å². The maximum atomic E-state index is 5.54. The number of hydrogen-bond donors (Lipinski definition) is 0. The number of rotatable bonds is 52. The van der Waals surface area contributed by atoms with Crippen LogP contribution < -0.4 is 0 Å². The summed E-state index contributed by atoms with van der Waals surface area (Å²) < 4.78 is 0. The van der Waals surface area contributed by atoms with Crippen molar-refractivity contribution >= 4 is 22.8 Å². The van der Waals surface area contributed by atoms with E-state index in [0.717, 1.165) is 99.8 Å². The zero-order valence-corrected chi connectivity index (χ0v) is 51.0. The minimum absolute atomic E-state index is 0.925. The third-order valence-corrected chi connectivity index (χ3v) is 15.6. The number of allylic oxidation sites excluding steroid dienone is 2. The third kappa shape index (κ3) is 41.7. The van der Waals surface area contributed by atoms with Crippen molar-refractivity contribution in [3.05, 3.63) is 71.8 Å². The number of nitrogens with zero attached hydrogens (tertiary/aromatic N) is 2. The number of benzene rings is 2. The zero-order valence-electron chi connectivity index (χ0n) is 51.0. The molecule has 0 fully saturated rings. The lowest BCUT2D eigenvalue weighted by Crippen LogP contribution is -2.12. The Balaban J connectivity index is 2.02. The van der Waals surface area contributed by atoms with Gasteiger partial charge in [-0.15, -0.1) is 23.7 Å². The summed E-state index contributed by atoms with van der Waals surface area (Å²) >= 11 is 0. The van der Waals surface area contributed by atoms with Crippen LogP contribution in [0.3, 0.4) is 0 Å². The second-order valence-corrected chi connectivity index (χ2v) is 22.9. The topological polar surface area (TPSA) is 24.7 Å². The molecular formula is C74H122N2. The molecule has 0 N–H and O–H groups in total. The van der Waals surface area contributed by atoms with E-state index in [2.05, 4.69) is 112 Å². The van der Waals surface area contributed by atoms with Gasteiger partial charge in [0.05, 0.1) is 22.8 Å². The number of aliphatic imine (C=N–C) groups is 2. The molecule has 0 saturated heterocycles. The van der Waals surface area contributed by atoms with Crippen LogP contribution in [0.25, 0.3) is 0 Å². The summed E-state index contributed by atoms with van der Waals surface area (Å²) in [4.78, 5) is 11.1. The molecule has 2 rings (SSSR count).